The van der Waals surface area contributed by atoms with Crippen LogP contribution in [0, 0.1) is 0 Å². The molecule has 6 heteroatoms. The predicted octanol–water partition coefficient (Wildman–Crippen LogP) is 1.21. The molecule has 0 aliphatic rings. The van der Waals surface area contributed by atoms with Gasteiger partial charge in [0.05, 0.1) is 5.56 Å². The number of carboxylic acid groups (broad SMARTS) is 1. The minimum atomic E-state index is -1.12. The molecule has 1 amide bonds. The molecule has 21 heavy (non-hydrogen) atoms. The summed E-state index contributed by atoms with van der Waals surface area (Å²) in [6, 6.07) is 8.27. The van der Waals surface area contributed by atoms with Crippen LogP contribution in [0.25, 0.3) is 0 Å². The number of phenolic OH excluding ortho intramolecular Hbond substituents is 1. The van der Waals surface area contributed by atoms with Gasteiger partial charge in [-0.25, -0.2) is 4.79 Å². The van der Waals surface area contributed by atoms with E-state index in [1.807, 2.05) is 0 Å². The predicted molar refractivity (Wildman–Crippen MR) is 74.9 cm³/mol. The van der Waals surface area contributed by atoms with Gasteiger partial charge >= 0.3 is 5.97 Å². The highest BCUT2D eigenvalue weighted by molar-refractivity contribution is 5.96. The molecule has 1 aromatic heterocycles. The third-order valence-electron chi connectivity index (χ3n) is 2.90. The number of hydrogen-bond acceptors (Lipinski definition) is 4. The fraction of sp³-hybridized carbons (Fsp3) is 0.133. The summed E-state index contributed by atoms with van der Waals surface area (Å²) in [5, 5.41) is 20.9. The number of rotatable bonds is 5. The van der Waals surface area contributed by atoms with Gasteiger partial charge < -0.3 is 15.5 Å². The summed E-state index contributed by atoms with van der Waals surface area (Å²) in [7, 11) is 0. The Balaban J connectivity index is 2.07. The van der Waals surface area contributed by atoms with Crippen molar-refractivity contribution in [2.24, 2.45) is 0 Å². The van der Waals surface area contributed by atoms with E-state index in [2.05, 4.69) is 10.3 Å². The zero-order valence-corrected chi connectivity index (χ0v) is 11.1. The summed E-state index contributed by atoms with van der Waals surface area (Å²) >= 11 is 0. The fourth-order valence-electron chi connectivity index (χ4n) is 1.81. The van der Waals surface area contributed by atoms with Crippen LogP contribution in [-0.2, 0) is 11.2 Å². The molecule has 2 aromatic rings. The summed E-state index contributed by atoms with van der Waals surface area (Å²) in [4.78, 5) is 27.0. The normalized spacial score (nSPS) is 11.6. The summed E-state index contributed by atoms with van der Waals surface area (Å²) in [5.74, 6) is -1.51. The number of carboxylic acids is 1. The average Bonchev–Trinajstić information content (AvgIpc) is 2.49. The standard InChI is InChI=1S/C15H14N2O4/c18-12-5-3-10(4-6-12)8-13(15(20)21)17-14(19)11-2-1-7-16-9-11/h1-7,9,13,18H,8H2,(H,17,19)(H,20,21)/t13-/m1/s1. The number of phenols is 1. The van der Waals surface area contributed by atoms with E-state index in [1.54, 1.807) is 24.3 Å². The Labute approximate surface area is 121 Å². The quantitative estimate of drug-likeness (QED) is 0.767. The van der Waals surface area contributed by atoms with Gasteiger partial charge in [-0.15, -0.1) is 0 Å². The molecule has 0 unspecified atom stereocenters. The average molecular weight is 286 g/mol. The first-order valence-electron chi connectivity index (χ1n) is 6.28. The summed E-state index contributed by atoms with van der Waals surface area (Å²) in [5.41, 5.74) is 1.00. The van der Waals surface area contributed by atoms with E-state index in [0.717, 1.165) is 0 Å². The maximum Gasteiger partial charge on any atom is 0.326 e. The first kappa shape index (κ1) is 14.5. The van der Waals surface area contributed by atoms with E-state index in [-0.39, 0.29) is 12.2 Å². The fourth-order valence-corrected chi connectivity index (χ4v) is 1.81. The van der Waals surface area contributed by atoms with E-state index in [0.29, 0.717) is 11.1 Å². The monoisotopic (exact) mass is 286 g/mol. The maximum atomic E-state index is 11.9. The van der Waals surface area contributed by atoms with Crippen molar-refractivity contribution in [1.82, 2.24) is 10.3 Å². The van der Waals surface area contributed by atoms with Crippen molar-refractivity contribution >= 4 is 11.9 Å². The number of carbonyl (C=O) groups is 2. The van der Waals surface area contributed by atoms with Gasteiger partial charge in [0, 0.05) is 18.8 Å². The van der Waals surface area contributed by atoms with Gasteiger partial charge in [0.1, 0.15) is 11.8 Å². The highest BCUT2D eigenvalue weighted by atomic mass is 16.4. The highest BCUT2D eigenvalue weighted by Crippen LogP contribution is 2.11. The number of aliphatic carboxylic acids is 1. The van der Waals surface area contributed by atoms with Gasteiger partial charge in [-0.05, 0) is 29.8 Å². The van der Waals surface area contributed by atoms with E-state index in [9.17, 15) is 19.8 Å². The van der Waals surface area contributed by atoms with E-state index in [4.69, 9.17) is 0 Å². The molecule has 2 rings (SSSR count). The van der Waals surface area contributed by atoms with Crippen LogP contribution in [0.5, 0.6) is 5.75 Å². The maximum absolute atomic E-state index is 11.9. The zero-order valence-electron chi connectivity index (χ0n) is 11.1. The molecule has 0 aliphatic heterocycles. The Hall–Kier alpha value is -2.89. The van der Waals surface area contributed by atoms with Gasteiger partial charge in [-0.1, -0.05) is 12.1 Å². The Kier molecular flexibility index (Phi) is 4.50. The van der Waals surface area contributed by atoms with Gasteiger partial charge in [-0.2, -0.15) is 0 Å². The van der Waals surface area contributed by atoms with Crippen LogP contribution in [0.1, 0.15) is 15.9 Å². The minimum absolute atomic E-state index is 0.102. The van der Waals surface area contributed by atoms with Crippen molar-refractivity contribution < 1.29 is 19.8 Å². The van der Waals surface area contributed by atoms with Gasteiger partial charge in [-0.3, -0.25) is 9.78 Å². The molecule has 0 saturated carbocycles. The Morgan fingerprint density at radius 1 is 1.19 bits per heavy atom. The second-order valence-corrected chi connectivity index (χ2v) is 4.48. The number of benzene rings is 1. The third kappa shape index (κ3) is 4.04. The molecule has 108 valence electrons. The molecule has 3 N–H and O–H groups in total. The largest absolute Gasteiger partial charge is 0.508 e. The summed E-state index contributed by atoms with van der Waals surface area (Å²) in [6.45, 7) is 0. The number of pyridine rings is 1. The van der Waals surface area contributed by atoms with Crippen molar-refractivity contribution in [2.45, 2.75) is 12.5 Å². The molecular weight excluding hydrogens is 272 g/mol. The van der Waals surface area contributed by atoms with Crippen LogP contribution >= 0.6 is 0 Å². The van der Waals surface area contributed by atoms with E-state index in [1.165, 1.54) is 24.5 Å². The number of hydrogen-bond donors (Lipinski definition) is 3. The first-order valence-corrected chi connectivity index (χ1v) is 6.28. The molecular formula is C15H14N2O4. The van der Waals surface area contributed by atoms with Gasteiger partial charge in [0.2, 0.25) is 0 Å². The topological polar surface area (TPSA) is 99.5 Å². The minimum Gasteiger partial charge on any atom is -0.508 e. The SMILES string of the molecule is O=C(N[C@H](Cc1ccc(O)cc1)C(=O)O)c1cccnc1. The molecule has 1 heterocycles. The van der Waals surface area contributed by atoms with E-state index >= 15 is 0 Å². The summed E-state index contributed by atoms with van der Waals surface area (Å²) in [6.07, 6.45) is 3.03. The molecule has 6 nitrogen and oxygen atoms in total. The number of aromatic nitrogens is 1. The highest BCUT2D eigenvalue weighted by Gasteiger charge is 2.21. The van der Waals surface area contributed by atoms with Crippen molar-refractivity contribution in [3.63, 3.8) is 0 Å². The molecule has 0 aliphatic carbocycles. The van der Waals surface area contributed by atoms with Crippen LogP contribution in [0.4, 0.5) is 0 Å². The molecule has 0 spiro atoms. The third-order valence-corrected chi connectivity index (χ3v) is 2.90. The molecule has 1 aromatic carbocycles. The van der Waals surface area contributed by atoms with Crippen LogP contribution in [-0.4, -0.2) is 33.1 Å². The zero-order chi connectivity index (χ0) is 15.2. The lowest BCUT2D eigenvalue weighted by Gasteiger charge is -2.14. The number of nitrogens with one attached hydrogen (secondary N) is 1. The van der Waals surface area contributed by atoms with Crippen molar-refractivity contribution in [3.05, 3.63) is 59.9 Å². The van der Waals surface area contributed by atoms with Crippen molar-refractivity contribution in [2.75, 3.05) is 0 Å². The molecule has 0 radical (unpaired) electrons. The number of carbonyl (C=O) groups excluding carboxylic acids is 1. The Morgan fingerprint density at radius 2 is 1.90 bits per heavy atom. The molecule has 0 bridgehead atoms. The number of aromatic hydroxyl groups is 1. The van der Waals surface area contributed by atoms with Crippen LogP contribution in [0.2, 0.25) is 0 Å². The van der Waals surface area contributed by atoms with Crippen LogP contribution in [0.15, 0.2) is 48.8 Å². The van der Waals surface area contributed by atoms with E-state index < -0.39 is 17.9 Å². The molecule has 1 atom stereocenters. The van der Waals surface area contributed by atoms with Crippen molar-refractivity contribution in [3.8, 4) is 5.75 Å². The smallest absolute Gasteiger partial charge is 0.326 e. The first-order chi connectivity index (χ1) is 10.1. The second-order valence-electron chi connectivity index (χ2n) is 4.48. The lowest BCUT2D eigenvalue weighted by atomic mass is 10.1. The number of nitrogens with zero attached hydrogens (tertiary/aromatic N) is 1. The lowest BCUT2D eigenvalue weighted by Crippen LogP contribution is -2.42. The molecule has 0 saturated heterocycles. The summed E-state index contributed by atoms with van der Waals surface area (Å²) < 4.78 is 0. The second kappa shape index (κ2) is 6.51. The Bertz CT molecular complexity index is 626. The van der Waals surface area contributed by atoms with Crippen molar-refractivity contribution in [1.29, 1.82) is 0 Å². The Morgan fingerprint density at radius 3 is 2.48 bits per heavy atom. The molecule has 0 fully saturated rings. The van der Waals surface area contributed by atoms with Gasteiger partial charge in [0.15, 0.2) is 0 Å². The number of amides is 1. The van der Waals surface area contributed by atoms with Crippen LogP contribution < -0.4 is 5.32 Å². The lowest BCUT2D eigenvalue weighted by molar-refractivity contribution is -0.139. The van der Waals surface area contributed by atoms with Crippen LogP contribution in [0.3, 0.4) is 0 Å². The van der Waals surface area contributed by atoms with Gasteiger partial charge in [0.25, 0.3) is 5.91 Å².